The fraction of sp³-hybridized carbons (Fsp3) is 0.278. The maximum Gasteiger partial charge on any atom is 0.262 e. The molecule has 1 fully saturated rings. The molecule has 0 saturated carbocycles. The van der Waals surface area contributed by atoms with Crippen LogP contribution in [-0.2, 0) is 4.79 Å². The number of hydrogen-bond acceptors (Lipinski definition) is 3. The van der Waals surface area contributed by atoms with Crippen LogP contribution in [0.2, 0.25) is 0 Å². The third kappa shape index (κ3) is 3.12. The average Bonchev–Trinajstić information content (AvgIpc) is 2.90. The van der Waals surface area contributed by atoms with Crippen molar-refractivity contribution < 1.29 is 9.53 Å². The summed E-state index contributed by atoms with van der Waals surface area (Å²) in [4.78, 5) is 11.7. The van der Waals surface area contributed by atoms with Gasteiger partial charge in [-0.05, 0) is 40.5 Å². The van der Waals surface area contributed by atoms with Gasteiger partial charge in [-0.1, -0.05) is 38.1 Å². The fourth-order valence-electron chi connectivity index (χ4n) is 2.46. The first kappa shape index (κ1) is 14.6. The molecule has 2 N–H and O–H groups in total. The van der Waals surface area contributed by atoms with Crippen molar-refractivity contribution in [2.45, 2.75) is 13.8 Å². The predicted octanol–water partition coefficient (Wildman–Crippen LogP) is 2.89. The number of carbonyl (C=O) groups excluding carboxylic acids is 1. The Kier molecular flexibility index (Phi) is 4.11. The van der Waals surface area contributed by atoms with Crippen molar-refractivity contribution >= 4 is 22.8 Å². The molecule has 4 heteroatoms. The molecule has 0 radical (unpaired) electrons. The van der Waals surface area contributed by atoms with E-state index < -0.39 is 0 Å². The second-order valence-electron chi connectivity index (χ2n) is 5.92. The molecule has 3 rings (SSSR count). The minimum Gasteiger partial charge on any atom is -0.493 e. The van der Waals surface area contributed by atoms with Gasteiger partial charge in [0, 0.05) is 12.1 Å². The highest BCUT2D eigenvalue weighted by atomic mass is 16.5. The first-order chi connectivity index (χ1) is 10.6. The van der Waals surface area contributed by atoms with E-state index in [1.165, 1.54) is 0 Å². The van der Waals surface area contributed by atoms with Gasteiger partial charge in [-0.3, -0.25) is 10.2 Å². The second kappa shape index (κ2) is 6.20. The Morgan fingerprint density at radius 1 is 1.27 bits per heavy atom. The van der Waals surface area contributed by atoms with Crippen LogP contribution in [-0.4, -0.2) is 19.1 Å². The monoisotopic (exact) mass is 296 g/mol. The van der Waals surface area contributed by atoms with Crippen molar-refractivity contribution in [2.75, 3.05) is 13.2 Å². The van der Waals surface area contributed by atoms with E-state index in [-0.39, 0.29) is 5.91 Å². The number of rotatable bonds is 4. The topological polar surface area (TPSA) is 50.4 Å². The fourth-order valence-corrected chi connectivity index (χ4v) is 2.46. The number of hydrazine groups is 1. The number of benzene rings is 2. The van der Waals surface area contributed by atoms with Crippen LogP contribution >= 0.6 is 0 Å². The van der Waals surface area contributed by atoms with Crippen LogP contribution in [0.15, 0.2) is 42.0 Å². The summed E-state index contributed by atoms with van der Waals surface area (Å²) in [6.07, 6.45) is 1.93. The predicted molar refractivity (Wildman–Crippen MR) is 88.4 cm³/mol. The van der Waals surface area contributed by atoms with Crippen molar-refractivity contribution in [1.82, 2.24) is 10.9 Å². The molecule has 22 heavy (non-hydrogen) atoms. The van der Waals surface area contributed by atoms with Gasteiger partial charge in [-0.2, -0.15) is 0 Å². The minimum atomic E-state index is -0.0717. The lowest BCUT2D eigenvalue weighted by atomic mass is 10.0. The normalized spacial score (nSPS) is 16.5. The van der Waals surface area contributed by atoms with Gasteiger partial charge in [0.05, 0.1) is 6.61 Å². The molecule has 0 aliphatic carbocycles. The number of ether oxygens (including phenoxy) is 1. The lowest BCUT2D eigenvalue weighted by molar-refractivity contribution is -0.116. The molecule has 0 bridgehead atoms. The highest BCUT2D eigenvalue weighted by Crippen LogP contribution is 2.27. The van der Waals surface area contributed by atoms with Gasteiger partial charge in [0.25, 0.3) is 5.91 Å². The Morgan fingerprint density at radius 2 is 2.09 bits per heavy atom. The molecule has 1 amide bonds. The van der Waals surface area contributed by atoms with Gasteiger partial charge in [0.2, 0.25) is 0 Å². The van der Waals surface area contributed by atoms with Gasteiger partial charge >= 0.3 is 0 Å². The van der Waals surface area contributed by atoms with Crippen molar-refractivity contribution in [3.8, 4) is 5.75 Å². The van der Waals surface area contributed by atoms with Crippen LogP contribution in [0.1, 0.15) is 19.4 Å². The largest absolute Gasteiger partial charge is 0.493 e. The van der Waals surface area contributed by atoms with Gasteiger partial charge < -0.3 is 4.74 Å². The zero-order valence-electron chi connectivity index (χ0n) is 12.8. The summed E-state index contributed by atoms with van der Waals surface area (Å²) in [7, 11) is 0. The molecule has 0 aromatic heterocycles. The van der Waals surface area contributed by atoms with E-state index in [9.17, 15) is 4.79 Å². The molecule has 1 aliphatic rings. The Bertz CT molecular complexity index is 735. The van der Waals surface area contributed by atoms with Gasteiger partial charge in [-0.25, -0.2) is 5.43 Å². The van der Waals surface area contributed by atoms with Crippen LogP contribution in [0, 0.1) is 5.92 Å². The third-order valence-corrected chi connectivity index (χ3v) is 3.55. The quantitative estimate of drug-likeness (QED) is 0.853. The summed E-state index contributed by atoms with van der Waals surface area (Å²) in [6.45, 7) is 5.46. The lowest BCUT2D eigenvalue weighted by Crippen LogP contribution is -2.25. The summed E-state index contributed by atoms with van der Waals surface area (Å²) in [6, 6.07) is 12.2. The van der Waals surface area contributed by atoms with Crippen LogP contribution in [0.25, 0.3) is 16.8 Å². The van der Waals surface area contributed by atoms with Crippen LogP contribution in [0.4, 0.5) is 0 Å². The Balaban J connectivity index is 2.04. The first-order valence-electron chi connectivity index (χ1n) is 7.53. The van der Waals surface area contributed by atoms with E-state index in [4.69, 9.17) is 4.74 Å². The van der Waals surface area contributed by atoms with E-state index >= 15 is 0 Å². The summed E-state index contributed by atoms with van der Waals surface area (Å²) in [5, 5.41) is 2.23. The molecule has 1 aliphatic heterocycles. The number of nitrogens with one attached hydrogen (secondary N) is 2. The molecule has 0 unspecified atom stereocenters. The molecule has 4 nitrogen and oxygen atoms in total. The van der Waals surface area contributed by atoms with Crippen molar-refractivity contribution in [2.24, 2.45) is 5.92 Å². The second-order valence-corrected chi connectivity index (χ2v) is 5.92. The molecule has 1 heterocycles. The van der Waals surface area contributed by atoms with Crippen molar-refractivity contribution in [3.05, 3.63) is 47.5 Å². The molecule has 114 valence electrons. The van der Waals surface area contributed by atoms with Crippen molar-refractivity contribution in [3.63, 3.8) is 0 Å². The number of fused-ring (bicyclic) bond motifs is 1. The molecular weight excluding hydrogens is 276 g/mol. The summed E-state index contributed by atoms with van der Waals surface area (Å²) in [5.41, 5.74) is 7.18. The van der Waals surface area contributed by atoms with E-state index in [1.54, 1.807) is 0 Å². The molecular formula is C18H20N2O2. The molecule has 2 aromatic rings. The number of carbonyl (C=O) groups is 1. The van der Waals surface area contributed by atoms with E-state index in [2.05, 4.69) is 36.8 Å². The lowest BCUT2D eigenvalue weighted by Gasteiger charge is -2.12. The Morgan fingerprint density at radius 3 is 2.82 bits per heavy atom. The maximum atomic E-state index is 11.7. The van der Waals surface area contributed by atoms with Crippen LogP contribution < -0.4 is 15.6 Å². The Labute approximate surface area is 130 Å². The highest BCUT2D eigenvalue weighted by molar-refractivity contribution is 6.02. The summed E-state index contributed by atoms with van der Waals surface area (Å²) >= 11 is 0. The van der Waals surface area contributed by atoms with E-state index in [0.29, 0.717) is 19.1 Å². The molecule has 1 saturated heterocycles. The van der Waals surface area contributed by atoms with E-state index in [1.807, 2.05) is 30.3 Å². The zero-order valence-corrected chi connectivity index (χ0v) is 12.8. The van der Waals surface area contributed by atoms with Crippen LogP contribution in [0.5, 0.6) is 5.75 Å². The summed E-state index contributed by atoms with van der Waals surface area (Å²) < 4.78 is 5.86. The SMILES string of the molecule is CC(C)COc1cc(/C=C2\CNNC2=O)c2ccccc2c1. The van der Waals surface area contributed by atoms with Gasteiger partial charge in [0.1, 0.15) is 5.75 Å². The smallest absolute Gasteiger partial charge is 0.262 e. The molecule has 2 aromatic carbocycles. The summed E-state index contributed by atoms with van der Waals surface area (Å²) in [5.74, 6) is 1.24. The van der Waals surface area contributed by atoms with Gasteiger partial charge in [-0.15, -0.1) is 0 Å². The number of hydrogen-bond donors (Lipinski definition) is 2. The number of amides is 1. The van der Waals surface area contributed by atoms with Gasteiger partial charge in [0.15, 0.2) is 0 Å². The van der Waals surface area contributed by atoms with Crippen molar-refractivity contribution in [1.29, 1.82) is 0 Å². The molecule has 0 spiro atoms. The zero-order chi connectivity index (χ0) is 15.5. The minimum absolute atomic E-state index is 0.0717. The standard InChI is InChI=1S/C18H20N2O2/c1-12(2)11-22-16-8-13-5-3-4-6-17(13)14(9-16)7-15-10-19-20-18(15)21/h3-9,12,19H,10-11H2,1-2H3,(H,20,21)/b15-7+. The Hall–Kier alpha value is -2.33. The maximum absolute atomic E-state index is 11.7. The molecule has 0 atom stereocenters. The van der Waals surface area contributed by atoms with E-state index in [0.717, 1.165) is 27.7 Å². The highest BCUT2D eigenvalue weighted by Gasteiger charge is 2.16. The first-order valence-corrected chi connectivity index (χ1v) is 7.53. The third-order valence-electron chi connectivity index (χ3n) is 3.55. The van der Waals surface area contributed by atoms with Crippen LogP contribution in [0.3, 0.4) is 0 Å². The average molecular weight is 296 g/mol.